The molecule has 1 aromatic carbocycles. The standard InChI is InChI=1S/C18H19N3O/c1-13-15(11-17(12-19)21(13)4)7-10-18(22)14-5-8-16(9-6-14)20(2)3/h5-11H,1-4H3/b10-7+. The zero-order chi connectivity index (χ0) is 16.3. The molecular weight excluding hydrogens is 274 g/mol. The molecule has 4 nitrogen and oxygen atoms in total. The predicted octanol–water partition coefficient (Wildman–Crippen LogP) is 3.17. The zero-order valence-electron chi connectivity index (χ0n) is 13.3. The summed E-state index contributed by atoms with van der Waals surface area (Å²) in [6, 6.07) is 11.4. The summed E-state index contributed by atoms with van der Waals surface area (Å²) in [7, 11) is 5.76. The first-order chi connectivity index (χ1) is 10.4. The number of anilines is 1. The van der Waals surface area contributed by atoms with Crippen molar-refractivity contribution >= 4 is 17.5 Å². The van der Waals surface area contributed by atoms with Crippen molar-refractivity contribution in [2.75, 3.05) is 19.0 Å². The van der Waals surface area contributed by atoms with Crippen molar-refractivity contribution in [2.45, 2.75) is 6.92 Å². The maximum Gasteiger partial charge on any atom is 0.185 e. The Hall–Kier alpha value is -2.80. The van der Waals surface area contributed by atoms with E-state index in [-0.39, 0.29) is 5.78 Å². The highest BCUT2D eigenvalue weighted by atomic mass is 16.1. The van der Waals surface area contributed by atoms with Crippen molar-refractivity contribution in [3.63, 3.8) is 0 Å². The van der Waals surface area contributed by atoms with Crippen LogP contribution in [0, 0.1) is 18.3 Å². The van der Waals surface area contributed by atoms with Crippen LogP contribution in [-0.4, -0.2) is 24.4 Å². The molecule has 0 N–H and O–H groups in total. The van der Waals surface area contributed by atoms with Gasteiger partial charge in [-0.25, -0.2) is 0 Å². The van der Waals surface area contributed by atoms with Gasteiger partial charge in [0.05, 0.1) is 0 Å². The molecule has 112 valence electrons. The molecule has 0 unspecified atom stereocenters. The van der Waals surface area contributed by atoms with E-state index in [2.05, 4.69) is 6.07 Å². The molecule has 0 atom stereocenters. The number of aromatic nitrogens is 1. The van der Waals surface area contributed by atoms with Gasteiger partial charge >= 0.3 is 0 Å². The average molecular weight is 293 g/mol. The van der Waals surface area contributed by atoms with E-state index in [1.807, 2.05) is 61.8 Å². The van der Waals surface area contributed by atoms with E-state index in [9.17, 15) is 4.79 Å². The Bertz CT molecular complexity index is 759. The Kier molecular flexibility index (Phi) is 4.47. The van der Waals surface area contributed by atoms with E-state index in [0.29, 0.717) is 11.3 Å². The summed E-state index contributed by atoms with van der Waals surface area (Å²) in [4.78, 5) is 14.2. The molecule has 2 aromatic rings. The molecule has 4 heteroatoms. The largest absolute Gasteiger partial charge is 0.378 e. The number of allylic oxidation sites excluding steroid dienone is 1. The molecule has 0 spiro atoms. The van der Waals surface area contributed by atoms with Gasteiger partial charge in [-0.05, 0) is 55.0 Å². The number of nitrogens with zero attached hydrogens (tertiary/aromatic N) is 3. The molecule has 2 rings (SSSR count). The zero-order valence-corrected chi connectivity index (χ0v) is 13.3. The van der Waals surface area contributed by atoms with Gasteiger partial charge in [-0.2, -0.15) is 5.26 Å². The van der Waals surface area contributed by atoms with Crippen LogP contribution >= 0.6 is 0 Å². The summed E-state index contributed by atoms with van der Waals surface area (Å²) in [6.45, 7) is 1.93. The van der Waals surface area contributed by atoms with Crippen LogP contribution in [0.15, 0.2) is 36.4 Å². The summed E-state index contributed by atoms with van der Waals surface area (Å²) in [5.74, 6) is -0.0490. The normalized spacial score (nSPS) is 10.7. The van der Waals surface area contributed by atoms with Gasteiger partial charge in [0.1, 0.15) is 11.8 Å². The van der Waals surface area contributed by atoms with E-state index < -0.39 is 0 Å². The summed E-state index contributed by atoms with van der Waals surface area (Å²) in [5, 5.41) is 9.02. The molecule has 0 saturated heterocycles. The van der Waals surface area contributed by atoms with E-state index in [1.54, 1.807) is 18.2 Å². The van der Waals surface area contributed by atoms with E-state index in [4.69, 9.17) is 5.26 Å². The summed E-state index contributed by atoms with van der Waals surface area (Å²) in [5.41, 5.74) is 4.13. The molecule has 0 bridgehead atoms. The molecule has 22 heavy (non-hydrogen) atoms. The fourth-order valence-corrected chi connectivity index (χ4v) is 2.18. The Balaban J connectivity index is 2.20. The number of hydrogen-bond acceptors (Lipinski definition) is 3. The van der Waals surface area contributed by atoms with Gasteiger partial charge in [-0.1, -0.05) is 0 Å². The SMILES string of the molecule is Cc1c(/C=C/C(=O)c2ccc(N(C)C)cc2)cc(C#N)n1C. The van der Waals surface area contributed by atoms with Crippen LogP contribution in [0.3, 0.4) is 0 Å². The highest BCUT2D eigenvalue weighted by Gasteiger charge is 2.07. The molecule has 0 fully saturated rings. The minimum Gasteiger partial charge on any atom is -0.378 e. The van der Waals surface area contributed by atoms with Crippen molar-refractivity contribution in [1.29, 1.82) is 5.26 Å². The lowest BCUT2D eigenvalue weighted by atomic mass is 10.1. The Morgan fingerprint density at radius 1 is 1.27 bits per heavy atom. The number of nitriles is 1. The fraction of sp³-hybridized carbons (Fsp3) is 0.222. The van der Waals surface area contributed by atoms with Crippen LogP contribution in [0.5, 0.6) is 0 Å². The summed E-state index contributed by atoms with van der Waals surface area (Å²) in [6.07, 6.45) is 3.31. The topological polar surface area (TPSA) is 49.0 Å². The maximum absolute atomic E-state index is 12.2. The van der Waals surface area contributed by atoms with E-state index in [1.165, 1.54) is 0 Å². The molecule has 1 aromatic heterocycles. The van der Waals surface area contributed by atoms with Crippen LogP contribution in [0.25, 0.3) is 6.08 Å². The van der Waals surface area contributed by atoms with E-state index in [0.717, 1.165) is 16.9 Å². The monoisotopic (exact) mass is 293 g/mol. The lowest BCUT2D eigenvalue weighted by molar-refractivity contribution is 0.104. The Morgan fingerprint density at radius 3 is 2.41 bits per heavy atom. The van der Waals surface area contributed by atoms with Gasteiger partial charge in [0, 0.05) is 38.1 Å². The van der Waals surface area contributed by atoms with Crippen LogP contribution in [-0.2, 0) is 7.05 Å². The second-order valence-electron chi connectivity index (χ2n) is 5.38. The molecule has 0 radical (unpaired) electrons. The third-order valence-electron chi connectivity index (χ3n) is 3.77. The second kappa shape index (κ2) is 6.31. The third-order valence-corrected chi connectivity index (χ3v) is 3.77. The molecule has 0 aliphatic heterocycles. The van der Waals surface area contributed by atoms with Gasteiger partial charge in [0.25, 0.3) is 0 Å². The first-order valence-electron chi connectivity index (χ1n) is 7.00. The lowest BCUT2D eigenvalue weighted by Crippen LogP contribution is -2.08. The van der Waals surface area contributed by atoms with Crippen molar-refractivity contribution in [3.05, 3.63) is 58.9 Å². The van der Waals surface area contributed by atoms with Gasteiger partial charge in [0.2, 0.25) is 0 Å². The number of rotatable bonds is 4. The highest BCUT2D eigenvalue weighted by molar-refractivity contribution is 6.07. The molecule has 0 saturated carbocycles. The van der Waals surface area contributed by atoms with Crippen molar-refractivity contribution in [2.24, 2.45) is 7.05 Å². The highest BCUT2D eigenvalue weighted by Crippen LogP contribution is 2.16. The number of hydrogen-bond donors (Lipinski definition) is 0. The quantitative estimate of drug-likeness (QED) is 0.642. The fourth-order valence-electron chi connectivity index (χ4n) is 2.18. The number of carbonyl (C=O) groups is 1. The lowest BCUT2D eigenvalue weighted by Gasteiger charge is -2.11. The third kappa shape index (κ3) is 3.09. The van der Waals surface area contributed by atoms with Crippen molar-refractivity contribution < 1.29 is 4.79 Å². The molecular formula is C18H19N3O. The summed E-state index contributed by atoms with van der Waals surface area (Å²) < 4.78 is 1.82. The molecule has 0 amide bonds. The van der Waals surface area contributed by atoms with Crippen LogP contribution in [0.1, 0.15) is 27.3 Å². The minimum atomic E-state index is -0.0490. The van der Waals surface area contributed by atoms with Gasteiger partial charge < -0.3 is 9.47 Å². The van der Waals surface area contributed by atoms with Crippen LogP contribution in [0.4, 0.5) is 5.69 Å². The smallest absolute Gasteiger partial charge is 0.185 e. The Morgan fingerprint density at radius 2 is 1.91 bits per heavy atom. The van der Waals surface area contributed by atoms with Crippen molar-refractivity contribution in [1.82, 2.24) is 4.57 Å². The predicted molar refractivity (Wildman–Crippen MR) is 89.0 cm³/mol. The molecule has 0 aliphatic rings. The molecule has 0 aliphatic carbocycles. The van der Waals surface area contributed by atoms with Crippen molar-refractivity contribution in [3.8, 4) is 6.07 Å². The average Bonchev–Trinajstić information content (AvgIpc) is 2.80. The summed E-state index contributed by atoms with van der Waals surface area (Å²) >= 11 is 0. The van der Waals surface area contributed by atoms with Gasteiger partial charge in [-0.3, -0.25) is 4.79 Å². The Labute approximate surface area is 130 Å². The first-order valence-corrected chi connectivity index (χ1v) is 7.00. The van der Waals surface area contributed by atoms with Gasteiger partial charge in [0.15, 0.2) is 5.78 Å². The first kappa shape index (κ1) is 15.6. The minimum absolute atomic E-state index is 0.0490. The van der Waals surface area contributed by atoms with Crippen LogP contribution < -0.4 is 4.90 Å². The molecule has 1 heterocycles. The number of benzene rings is 1. The number of ketones is 1. The van der Waals surface area contributed by atoms with E-state index >= 15 is 0 Å². The second-order valence-corrected chi connectivity index (χ2v) is 5.38. The van der Waals surface area contributed by atoms with Crippen LogP contribution in [0.2, 0.25) is 0 Å². The van der Waals surface area contributed by atoms with Gasteiger partial charge in [-0.15, -0.1) is 0 Å². The maximum atomic E-state index is 12.2. The number of carbonyl (C=O) groups excluding carboxylic acids is 1.